The van der Waals surface area contributed by atoms with Crippen LogP contribution < -0.4 is 15.4 Å². The van der Waals surface area contributed by atoms with Crippen molar-refractivity contribution in [1.29, 1.82) is 0 Å². The normalized spacial score (nSPS) is 16.3. The monoisotopic (exact) mass is 397 g/mol. The number of nitrogens with zero attached hydrogens (tertiary/aromatic N) is 3. The van der Waals surface area contributed by atoms with E-state index < -0.39 is 0 Å². The van der Waals surface area contributed by atoms with Gasteiger partial charge in [0.15, 0.2) is 5.65 Å². The molecule has 0 unspecified atom stereocenters. The fraction of sp³-hybridized carbons (Fsp3) is 0.381. The van der Waals surface area contributed by atoms with Crippen LogP contribution in [0, 0.1) is 5.82 Å². The molecule has 2 aromatic heterocycles. The number of anilines is 1. The lowest BCUT2D eigenvalue weighted by Gasteiger charge is -2.18. The fourth-order valence-electron chi connectivity index (χ4n) is 3.59. The SMILES string of the molecule is CCCNC(=O)c1cnn2ccc(N[C@H](C)c3cc(F)cc4c3O[C@H](C)C4)nc12. The van der Waals surface area contributed by atoms with Gasteiger partial charge in [0.05, 0.1) is 12.2 Å². The summed E-state index contributed by atoms with van der Waals surface area (Å²) in [6.45, 7) is 6.48. The lowest BCUT2D eigenvalue weighted by molar-refractivity contribution is 0.0955. The molecule has 1 aliphatic heterocycles. The largest absolute Gasteiger partial charge is 0.490 e. The van der Waals surface area contributed by atoms with E-state index in [1.807, 2.05) is 20.8 Å². The second-order valence-electron chi connectivity index (χ2n) is 7.38. The zero-order valence-electron chi connectivity index (χ0n) is 16.7. The molecule has 29 heavy (non-hydrogen) atoms. The highest BCUT2D eigenvalue weighted by molar-refractivity contribution is 5.99. The van der Waals surface area contributed by atoms with Crippen molar-refractivity contribution in [2.45, 2.75) is 45.8 Å². The molecule has 0 spiro atoms. The van der Waals surface area contributed by atoms with E-state index in [9.17, 15) is 9.18 Å². The number of ether oxygens (including phenoxy) is 1. The van der Waals surface area contributed by atoms with Crippen molar-refractivity contribution in [3.63, 3.8) is 0 Å². The molecule has 152 valence electrons. The maximum Gasteiger partial charge on any atom is 0.256 e. The van der Waals surface area contributed by atoms with Crippen molar-refractivity contribution in [2.24, 2.45) is 0 Å². The number of amides is 1. The summed E-state index contributed by atoms with van der Waals surface area (Å²) in [5, 5.41) is 10.3. The van der Waals surface area contributed by atoms with E-state index in [0.717, 1.165) is 23.3 Å². The first-order valence-electron chi connectivity index (χ1n) is 9.84. The number of benzene rings is 1. The van der Waals surface area contributed by atoms with E-state index in [1.54, 1.807) is 16.8 Å². The minimum absolute atomic E-state index is 0.0307. The van der Waals surface area contributed by atoms with Crippen LogP contribution in [0.5, 0.6) is 5.75 Å². The summed E-state index contributed by atoms with van der Waals surface area (Å²) in [5.74, 6) is 0.826. The Balaban J connectivity index is 1.61. The first kappa shape index (κ1) is 19.2. The zero-order valence-corrected chi connectivity index (χ0v) is 16.7. The molecule has 4 rings (SSSR count). The van der Waals surface area contributed by atoms with Crippen LogP contribution in [0.3, 0.4) is 0 Å². The summed E-state index contributed by atoms with van der Waals surface area (Å²) >= 11 is 0. The van der Waals surface area contributed by atoms with Crippen LogP contribution >= 0.6 is 0 Å². The van der Waals surface area contributed by atoms with Crippen LogP contribution in [0.4, 0.5) is 10.2 Å². The third kappa shape index (κ3) is 3.74. The molecule has 0 saturated carbocycles. The number of rotatable bonds is 6. The van der Waals surface area contributed by atoms with E-state index in [2.05, 4.69) is 20.7 Å². The van der Waals surface area contributed by atoms with Gasteiger partial charge in [-0.2, -0.15) is 5.10 Å². The van der Waals surface area contributed by atoms with Crippen LogP contribution in [-0.2, 0) is 6.42 Å². The number of nitrogens with one attached hydrogen (secondary N) is 2. The van der Waals surface area contributed by atoms with Gasteiger partial charge in [-0.05, 0) is 38.5 Å². The molecule has 0 bridgehead atoms. The Morgan fingerprint density at radius 2 is 2.28 bits per heavy atom. The van der Waals surface area contributed by atoms with Crippen molar-refractivity contribution >= 4 is 17.4 Å². The van der Waals surface area contributed by atoms with Crippen molar-refractivity contribution < 1.29 is 13.9 Å². The summed E-state index contributed by atoms with van der Waals surface area (Å²) in [4.78, 5) is 16.9. The molecular formula is C21H24FN5O2. The van der Waals surface area contributed by atoms with Gasteiger partial charge in [-0.15, -0.1) is 0 Å². The Hall–Kier alpha value is -3.16. The van der Waals surface area contributed by atoms with Crippen LogP contribution in [0.15, 0.2) is 30.6 Å². The smallest absolute Gasteiger partial charge is 0.256 e. The second kappa shape index (κ2) is 7.69. The highest BCUT2D eigenvalue weighted by Gasteiger charge is 2.26. The summed E-state index contributed by atoms with van der Waals surface area (Å²) in [5.41, 5.74) is 2.51. The van der Waals surface area contributed by atoms with Gasteiger partial charge in [-0.1, -0.05) is 6.92 Å². The van der Waals surface area contributed by atoms with E-state index in [-0.39, 0.29) is 23.9 Å². The quantitative estimate of drug-likeness (QED) is 0.665. The van der Waals surface area contributed by atoms with Gasteiger partial charge in [0.25, 0.3) is 5.91 Å². The minimum Gasteiger partial charge on any atom is -0.490 e. The standard InChI is InChI=1S/C21H24FN5O2/c1-4-6-23-21(28)17-11-24-27-7-5-18(26-20(17)27)25-13(3)16-10-15(22)9-14-8-12(2)29-19(14)16/h5,7,9-13H,4,6,8H2,1-3H3,(H,23,28)(H,25,26)/t12-,13-/m1/s1. The van der Waals surface area contributed by atoms with Gasteiger partial charge in [-0.25, -0.2) is 13.9 Å². The number of hydrogen-bond donors (Lipinski definition) is 2. The number of halogens is 1. The fourth-order valence-corrected chi connectivity index (χ4v) is 3.59. The van der Waals surface area contributed by atoms with Crippen molar-refractivity contribution in [3.05, 3.63) is 53.1 Å². The molecule has 0 aliphatic carbocycles. The predicted molar refractivity (Wildman–Crippen MR) is 108 cm³/mol. The zero-order chi connectivity index (χ0) is 20.5. The van der Waals surface area contributed by atoms with Crippen molar-refractivity contribution in [2.75, 3.05) is 11.9 Å². The molecule has 3 aromatic rings. The van der Waals surface area contributed by atoms with Gasteiger partial charge in [0, 0.05) is 30.3 Å². The van der Waals surface area contributed by atoms with Gasteiger partial charge in [-0.3, -0.25) is 4.79 Å². The van der Waals surface area contributed by atoms with E-state index >= 15 is 0 Å². The van der Waals surface area contributed by atoms with Gasteiger partial charge in [0.2, 0.25) is 0 Å². The number of fused-ring (bicyclic) bond motifs is 2. The molecule has 1 aromatic carbocycles. The Kier molecular flexibility index (Phi) is 5.08. The topological polar surface area (TPSA) is 80.6 Å². The van der Waals surface area contributed by atoms with Crippen molar-refractivity contribution in [1.82, 2.24) is 19.9 Å². The first-order chi connectivity index (χ1) is 14.0. The van der Waals surface area contributed by atoms with Gasteiger partial charge < -0.3 is 15.4 Å². The summed E-state index contributed by atoms with van der Waals surface area (Å²) < 4.78 is 21.6. The molecule has 0 radical (unpaired) electrons. The number of carbonyl (C=O) groups is 1. The molecule has 0 saturated heterocycles. The Labute approximate surface area is 168 Å². The number of aromatic nitrogens is 3. The minimum atomic E-state index is -0.279. The van der Waals surface area contributed by atoms with Gasteiger partial charge >= 0.3 is 0 Å². The Morgan fingerprint density at radius 1 is 1.45 bits per heavy atom. The highest BCUT2D eigenvalue weighted by Crippen LogP contribution is 2.37. The molecule has 2 atom stereocenters. The third-order valence-electron chi connectivity index (χ3n) is 4.97. The molecule has 2 N–H and O–H groups in total. The highest BCUT2D eigenvalue weighted by atomic mass is 19.1. The Bertz CT molecular complexity index is 1060. The summed E-state index contributed by atoms with van der Waals surface area (Å²) in [7, 11) is 0. The van der Waals surface area contributed by atoms with Crippen LogP contribution in [0.2, 0.25) is 0 Å². The van der Waals surface area contributed by atoms with E-state index in [0.29, 0.717) is 30.0 Å². The molecule has 7 nitrogen and oxygen atoms in total. The summed E-state index contributed by atoms with van der Waals surface area (Å²) in [6, 6.07) is 4.57. The maximum absolute atomic E-state index is 14.1. The molecule has 1 amide bonds. The lowest BCUT2D eigenvalue weighted by Crippen LogP contribution is -2.24. The second-order valence-corrected chi connectivity index (χ2v) is 7.38. The van der Waals surface area contributed by atoms with Gasteiger partial charge in [0.1, 0.15) is 29.1 Å². The number of carbonyl (C=O) groups excluding carboxylic acids is 1. The third-order valence-corrected chi connectivity index (χ3v) is 4.97. The van der Waals surface area contributed by atoms with Crippen LogP contribution in [-0.4, -0.2) is 33.2 Å². The first-order valence-corrected chi connectivity index (χ1v) is 9.84. The van der Waals surface area contributed by atoms with Crippen LogP contribution in [0.25, 0.3) is 5.65 Å². The average Bonchev–Trinajstić information content (AvgIpc) is 3.27. The maximum atomic E-state index is 14.1. The average molecular weight is 397 g/mol. The van der Waals surface area contributed by atoms with Crippen molar-refractivity contribution in [3.8, 4) is 5.75 Å². The van der Waals surface area contributed by atoms with Crippen LogP contribution in [0.1, 0.15) is 54.7 Å². The lowest BCUT2D eigenvalue weighted by atomic mass is 10.0. The molecule has 3 heterocycles. The number of hydrogen-bond acceptors (Lipinski definition) is 5. The van der Waals surface area contributed by atoms with E-state index in [1.165, 1.54) is 18.3 Å². The van der Waals surface area contributed by atoms with E-state index in [4.69, 9.17) is 4.74 Å². The Morgan fingerprint density at radius 3 is 3.07 bits per heavy atom. The molecule has 0 fully saturated rings. The predicted octanol–water partition coefficient (Wildman–Crippen LogP) is 3.50. The molecular weight excluding hydrogens is 373 g/mol. The summed E-state index contributed by atoms with van der Waals surface area (Å²) in [6.07, 6.45) is 4.82. The molecule has 1 aliphatic rings. The molecule has 8 heteroatoms.